The first kappa shape index (κ1) is 16.0. The smallest absolute Gasteiger partial charge is 0.186 e. The van der Waals surface area contributed by atoms with Gasteiger partial charge in [-0.15, -0.1) is 0 Å². The first-order valence-electron chi connectivity index (χ1n) is 6.18. The third-order valence-electron chi connectivity index (χ3n) is 2.89. The van der Waals surface area contributed by atoms with E-state index in [9.17, 15) is 0 Å². The van der Waals surface area contributed by atoms with E-state index in [2.05, 4.69) is 18.5 Å². The van der Waals surface area contributed by atoms with Gasteiger partial charge in [0.25, 0.3) is 0 Å². The van der Waals surface area contributed by atoms with Gasteiger partial charge in [0.05, 0.1) is 0 Å². The van der Waals surface area contributed by atoms with E-state index in [-0.39, 0.29) is 0 Å². The van der Waals surface area contributed by atoms with Gasteiger partial charge in [-0.2, -0.15) is 5.26 Å². The normalized spacial score (nSPS) is 11.4. The maximum atomic E-state index is 8.34. The largest absolute Gasteiger partial charge is 0.420 e. The molecule has 0 saturated heterocycles. The Labute approximate surface area is 106 Å². The fourth-order valence-corrected chi connectivity index (χ4v) is 3.33. The number of hydrogen-bond donors (Lipinski definition) is 0. The lowest BCUT2D eigenvalue weighted by Crippen LogP contribution is -2.27. The van der Waals surface area contributed by atoms with E-state index in [1.54, 1.807) is 0 Å². The molecule has 0 heterocycles. The van der Waals surface area contributed by atoms with Crippen molar-refractivity contribution in [3.63, 3.8) is 0 Å². The second-order valence-corrected chi connectivity index (χ2v) is 10.1. The molecule has 0 aromatic heterocycles. The van der Waals surface area contributed by atoms with E-state index < -0.39 is 8.32 Å². The summed E-state index contributed by atoms with van der Waals surface area (Å²) >= 11 is 1.38. The van der Waals surface area contributed by atoms with Crippen molar-refractivity contribution >= 4 is 20.1 Å². The Morgan fingerprint density at radius 3 is 2.19 bits per heavy atom. The number of unbranched alkanes of at least 4 members (excludes halogenated alkanes) is 5. The Balaban J connectivity index is 3.13. The van der Waals surface area contributed by atoms with Crippen LogP contribution < -0.4 is 0 Å². The maximum Gasteiger partial charge on any atom is 0.186 e. The minimum absolute atomic E-state index is 1.00. The molecule has 0 aromatic carbocycles. The summed E-state index contributed by atoms with van der Waals surface area (Å²) in [6, 6.07) is 1.29. The molecule has 16 heavy (non-hydrogen) atoms. The molecule has 0 spiro atoms. The molecule has 0 bridgehead atoms. The van der Waals surface area contributed by atoms with Crippen LogP contribution in [0.5, 0.6) is 0 Å². The van der Waals surface area contributed by atoms with Crippen molar-refractivity contribution in [3.05, 3.63) is 0 Å². The monoisotopic (exact) mass is 259 g/mol. The van der Waals surface area contributed by atoms with E-state index in [1.165, 1.54) is 56.3 Å². The molecule has 0 rings (SSSR count). The van der Waals surface area contributed by atoms with E-state index in [4.69, 9.17) is 9.69 Å². The Hall–Kier alpha value is 0.0169. The zero-order valence-electron chi connectivity index (χ0n) is 10.9. The fraction of sp³-hybridized carbons (Fsp3) is 0.917. The molecule has 0 aliphatic carbocycles. The van der Waals surface area contributed by atoms with Gasteiger partial charge in [0, 0.05) is 12.9 Å². The predicted molar refractivity (Wildman–Crippen MR) is 75.1 cm³/mol. The summed E-state index contributed by atoms with van der Waals surface area (Å²) in [5, 5.41) is 10.5. The molecule has 0 aliphatic rings. The van der Waals surface area contributed by atoms with Gasteiger partial charge in [0.2, 0.25) is 0 Å². The standard InChI is InChI=1S/C12H25NOSSi/c1-14-16(2,3)11-9-7-5-4-6-8-10-15-12-13/h4-11H2,1-3H3. The van der Waals surface area contributed by atoms with E-state index >= 15 is 0 Å². The van der Waals surface area contributed by atoms with Gasteiger partial charge in [0.1, 0.15) is 5.40 Å². The molecule has 0 fully saturated rings. The van der Waals surface area contributed by atoms with Gasteiger partial charge in [-0.05, 0) is 37.3 Å². The number of thioether (sulfide) groups is 1. The van der Waals surface area contributed by atoms with Crippen LogP contribution in [-0.2, 0) is 4.43 Å². The molecule has 0 radical (unpaired) electrons. The quantitative estimate of drug-likeness (QED) is 0.331. The summed E-state index contributed by atoms with van der Waals surface area (Å²) in [5.74, 6) is 1.00. The molecule has 4 heteroatoms. The van der Waals surface area contributed by atoms with Gasteiger partial charge in [-0.25, -0.2) is 0 Å². The maximum absolute atomic E-state index is 8.34. The molecule has 0 atom stereocenters. The van der Waals surface area contributed by atoms with E-state index in [0.717, 1.165) is 5.75 Å². The van der Waals surface area contributed by atoms with Crippen molar-refractivity contribution in [2.45, 2.75) is 57.7 Å². The average molecular weight is 259 g/mol. The second-order valence-electron chi connectivity index (χ2n) is 4.77. The third kappa shape index (κ3) is 10.5. The SMILES string of the molecule is CO[Si](C)(C)CCCCCCCCSC#N. The highest BCUT2D eigenvalue weighted by Crippen LogP contribution is 2.16. The molecule has 0 aromatic rings. The molecule has 0 N–H and O–H groups in total. The molecule has 0 aliphatic heterocycles. The van der Waals surface area contributed by atoms with Gasteiger partial charge in [0.15, 0.2) is 8.32 Å². The Bertz CT molecular complexity index is 204. The lowest BCUT2D eigenvalue weighted by atomic mass is 10.1. The van der Waals surface area contributed by atoms with Crippen molar-refractivity contribution in [2.75, 3.05) is 12.9 Å². The first-order chi connectivity index (χ1) is 7.62. The number of rotatable bonds is 10. The second kappa shape index (κ2) is 10.2. The lowest BCUT2D eigenvalue weighted by molar-refractivity contribution is 0.401. The fourth-order valence-electron chi connectivity index (χ4n) is 1.58. The van der Waals surface area contributed by atoms with Gasteiger partial charge < -0.3 is 4.43 Å². The first-order valence-corrected chi connectivity index (χ1v) is 10.3. The van der Waals surface area contributed by atoms with Crippen LogP contribution in [0.25, 0.3) is 0 Å². The number of thiocyanates is 1. The van der Waals surface area contributed by atoms with Crippen LogP contribution in [0, 0.1) is 10.7 Å². The predicted octanol–water partition coefficient (Wildman–Crippen LogP) is 4.39. The van der Waals surface area contributed by atoms with Crippen molar-refractivity contribution in [1.29, 1.82) is 5.26 Å². The van der Waals surface area contributed by atoms with Crippen molar-refractivity contribution < 1.29 is 4.43 Å². The summed E-state index contributed by atoms with van der Waals surface area (Å²) in [5.41, 5.74) is 0. The van der Waals surface area contributed by atoms with Crippen LogP contribution >= 0.6 is 11.8 Å². The number of nitriles is 1. The number of nitrogens with zero attached hydrogens (tertiary/aromatic N) is 1. The molecule has 0 saturated carbocycles. The highest BCUT2D eigenvalue weighted by molar-refractivity contribution is 8.03. The van der Waals surface area contributed by atoms with Crippen LogP contribution in [0.1, 0.15) is 38.5 Å². The van der Waals surface area contributed by atoms with Gasteiger partial charge in [-0.1, -0.05) is 32.1 Å². The van der Waals surface area contributed by atoms with E-state index in [0.29, 0.717) is 0 Å². The Morgan fingerprint density at radius 2 is 1.62 bits per heavy atom. The van der Waals surface area contributed by atoms with Gasteiger partial charge in [-0.3, -0.25) is 0 Å². The minimum atomic E-state index is -1.30. The molecule has 94 valence electrons. The summed E-state index contributed by atoms with van der Waals surface area (Å²) in [7, 11) is 0.544. The highest BCUT2D eigenvalue weighted by Gasteiger charge is 2.18. The average Bonchev–Trinajstić information content (AvgIpc) is 2.27. The zero-order valence-corrected chi connectivity index (χ0v) is 12.7. The number of hydrogen-bond acceptors (Lipinski definition) is 3. The Kier molecular flexibility index (Phi) is 10.2. The van der Waals surface area contributed by atoms with Crippen LogP contribution in [-0.4, -0.2) is 21.2 Å². The molecule has 0 amide bonds. The molecular formula is C12H25NOSSi. The summed E-state index contributed by atoms with van der Waals surface area (Å²) in [4.78, 5) is 0. The summed E-state index contributed by atoms with van der Waals surface area (Å²) in [6.07, 6.45) is 7.79. The van der Waals surface area contributed by atoms with Crippen LogP contribution in [0.15, 0.2) is 0 Å². The molecule has 2 nitrogen and oxygen atoms in total. The van der Waals surface area contributed by atoms with Crippen molar-refractivity contribution in [2.24, 2.45) is 0 Å². The van der Waals surface area contributed by atoms with Crippen molar-refractivity contribution in [1.82, 2.24) is 0 Å². The molecule has 0 unspecified atom stereocenters. The van der Waals surface area contributed by atoms with E-state index in [1.807, 2.05) is 7.11 Å². The topological polar surface area (TPSA) is 33.0 Å². The third-order valence-corrected chi connectivity index (χ3v) is 6.18. The summed E-state index contributed by atoms with van der Waals surface area (Å²) in [6.45, 7) is 4.57. The highest BCUT2D eigenvalue weighted by atomic mass is 32.2. The summed E-state index contributed by atoms with van der Waals surface area (Å²) < 4.78 is 5.52. The van der Waals surface area contributed by atoms with Gasteiger partial charge >= 0.3 is 0 Å². The van der Waals surface area contributed by atoms with Crippen molar-refractivity contribution in [3.8, 4) is 5.40 Å². The van der Waals surface area contributed by atoms with Crippen LogP contribution in [0.3, 0.4) is 0 Å². The zero-order chi connectivity index (χ0) is 12.3. The minimum Gasteiger partial charge on any atom is -0.420 e. The van der Waals surface area contributed by atoms with Crippen LogP contribution in [0.4, 0.5) is 0 Å². The molecular weight excluding hydrogens is 234 g/mol. The Morgan fingerprint density at radius 1 is 1.06 bits per heavy atom. The van der Waals surface area contributed by atoms with Crippen LogP contribution in [0.2, 0.25) is 19.1 Å². The lowest BCUT2D eigenvalue weighted by Gasteiger charge is -2.19.